The lowest BCUT2D eigenvalue weighted by molar-refractivity contribution is -0.0896. The molecular formula is C15H17NO3. The molecule has 1 unspecified atom stereocenters. The molecule has 2 aromatic rings. The molecule has 3 rings (SSSR count). The summed E-state index contributed by atoms with van der Waals surface area (Å²) in [5, 5.41) is 1.07. The highest BCUT2D eigenvalue weighted by molar-refractivity contribution is 5.88. The number of methoxy groups -OCH3 is 1. The van der Waals surface area contributed by atoms with Crippen LogP contribution in [0.1, 0.15) is 17.4 Å². The minimum absolute atomic E-state index is 0.0231. The van der Waals surface area contributed by atoms with Crippen molar-refractivity contribution in [2.24, 2.45) is 0 Å². The Hall–Kier alpha value is -1.65. The van der Waals surface area contributed by atoms with Crippen LogP contribution in [-0.2, 0) is 9.47 Å². The summed E-state index contributed by atoms with van der Waals surface area (Å²) in [5.41, 5.74) is 2.97. The zero-order valence-corrected chi connectivity index (χ0v) is 11.2. The average molecular weight is 259 g/mol. The molecule has 0 radical (unpaired) electrons. The second-order valence-corrected chi connectivity index (χ2v) is 4.64. The summed E-state index contributed by atoms with van der Waals surface area (Å²) in [6, 6.07) is 8.03. The maximum absolute atomic E-state index is 5.81. The molecule has 4 heteroatoms. The molecule has 0 amide bonds. The summed E-state index contributed by atoms with van der Waals surface area (Å²) >= 11 is 0. The minimum atomic E-state index is -0.0231. The Balaban J connectivity index is 2.17. The number of pyridine rings is 1. The molecule has 1 atom stereocenters. The Kier molecular flexibility index (Phi) is 3.36. The molecule has 1 saturated heterocycles. The second kappa shape index (κ2) is 5.15. The predicted molar refractivity (Wildman–Crippen MR) is 72.5 cm³/mol. The molecule has 0 aliphatic carbocycles. The molecule has 1 aliphatic heterocycles. The number of rotatable bonds is 2. The highest BCUT2D eigenvalue weighted by atomic mass is 16.6. The van der Waals surface area contributed by atoms with Gasteiger partial charge in [-0.2, -0.15) is 0 Å². The van der Waals surface area contributed by atoms with Gasteiger partial charge in [0.05, 0.1) is 26.9 Å². The van der Waals surface area contributed by atoms with Crippen LogP contribution in [0.4, 0.5) is 0 Å². The highest BCUT2D eigenvalue weighted by Crippen LogP contribution is 2.32. The van der Waals surface area contributed by atoms with Gasteiger partial charge in [-0.1, -0.05) is 12.1 Å². The fourth-order valence-corrected chi connectivity index (χ4v) is 2.48. The van der Waals surface area contributed by atoms with Crippen molar-refractivity contribution in [2.45, 2.75) is 13.0 Å². The van der Waals surface area contributed by atoms with Crippen LogP contribution in [-0.4, -0.2) is 31.9 Å². The minimum Gasteiger partial charge on any atom is -0.494 e. The van der Waals surface area contributed by atoms with E-state index in [4.69, 9.17) is 14.2 Å². The maximum atomic E-state index is 5.81. The van der Waals surface area contributed by atoms with Gasteiger partial charge in [-0.3, -0.25) is 0 Å². The summed E-state index contributed by atoms with van der Waals surface area (Å²) in [7, 11) is 1.67. The lowest BCUT2D eigenvalue weighted by Crippen LogP contribution is -2.22. The first-order valence-electron chi connectivity index (χ1n) is 6.43. The van der Waals surface area contributed by atoms with Crippen molar-refractivity contribution in [3.63, 3.8) is 0 Å². The topological polar surface area (TPSA) is 40.6 Å². The Morgan fingerprint density at radius 2 is 2.21 bits per heavy atom. The Morgan fingerprint density at radius 1 is 1.32 bits per heavy atom. The Bertz CT molecular complexity index is 591. The third-order valence-corrected chi connectivity index (χ3v) is 3.35. The molecule has 2 heterocycles. The number of hydrogen-bond acceptors (Lipinski definition) is 4. The summed E-state index contributed by atoms with van der Waals surface area (Å²) in [6.45, 7) is 3.88. The van der Waals surface area contributed by atoms with Crippen LogP contribution < -0.4 is 4.74 Å². The first-order valence-corrected chi connectivity index (χ1v) is 6.43. The van der Waals surface area contributed by atoms with Crippen molar-refractivity contribution in [1.29, 1.82) is 0 Å². The van der Waals surface area contributed by atoms with Crippen LogP contribution in [0.3, 0.4) is 0 Å². The summed E-state index contributed by atoms with van der Waals surface area (Å²) in [6.07, 6.45) is -0.0231. The normalized spacial score (nSPS) is 19.6. The van der Waals surface area contributed by atoms with Gasteiger partial charge in [0.1, 0.15) is 17.4 Å². The van der Waals surface area contributed by atoms with E-state index < -0.39 is 0 Å². The van der Waals surface area contributed by atoms with Crippen LogP contribution in [0.15, 0.2) is 24.3 Å². The first kappa shape index (κ1) is 12.4. The molecule has 100 valence electrons. The second-order valence-electron chi connectivity index (χ2n) is 4.64. The van der Waals surface area contributed by atoms with Crippen LogP contribution in [0.25, 0.3) is 10.9 Å². The average Bonchev–Trinajstić information content (AvgIpc) is 2.46. The zero-order chi connectivity index (χ0) is 13.2. The van der Waals surface area contributed by atoms with Crippen LogP contribution >= 0.6 is 0 Å². The van der Waals surface area contributed by atoms with E-state index in [1.54, 1.807) is 7.11 Å². The summed E-state index contributed by atoms with van der Waals surface area (Å²) in [5.74, 6) is 0.791. The molecule has 1 fully saturated rings. The molecule has 4 nitrogen and oxygen atoms in total. The third-order valence-electron chi connectivity index (χ3n) is 3.35. The van der Waals surface area contributed by atoms with Crippen molar-refractivity contribution in [1.82, 2.24) is 4.98 Å². The lowest BCUT2D eigenvalue weighted by Gasteiger charge is -2.24. The first-order chi connectivity index (χ1) is 9.29. The highest BCUT2D eigenvalue weighted by Gasteiger charge is 2.20. The van der Waals surface area contributed by atoms with Crippen molar-refractivity contribution in [2.75, 3.05) is 26.9 Å². The van der Waals surface area contributed by atoms with E-state index in [1.165, 1.54) is 0 Å². The number of benzene rings is 1. The van der Waals surface area contributed by atoms with Crippen LogP contribution in [0.2, 0.25) is 0 Å². The monoisotopic (exact) mass is 259 g/mol. The quantitative estimate of drug-likeness (QED) is 0.831. The molecule has 1 aromatic heterocycles. The van der Waals surface area contributed by atoms with E-state index in [0.29, 0.717) is 19.8 Å². The predicted octanol–water partition coefficient (Wildman–Crippen LogP) is 2.64. The molecule has 0 bridgehead atoms. The van der Waals surface area contributed by atoms with Gasteiger partial charge in [-0.05, 0) is 24.6 Å². The van der Waals surface area contributed by atoms with E-state index in [-0.39, 0.29) is 6.10 Å². The number of fused-ring (bicyclic) bond motifs is 1. The number of aromatic nitrogens is 1. The standard InChI is InChI=1S/C15H17NO3/c1-10-8-12(14-9-18-6-7-19-14)11-4-3-5-13(17-2)15(11)16-10/h3-5,8,14H,6-7,9H2,1-2H3. The number of ether oxygens (including phenoxy) is 3. The summed E-state index contributed by atoms with van der Waals surface area (Å²) in [4.78, 5) is 4.58. The largest absolute Gasteiger partial charge is 0.494 e. The van der Waals surface area contributed by atoms with Gasteiger partial charge in [0.15, 0.2) is 0 Å². The SMILES string of the molecule is COc1cccc2c(C3COCCO3)cc(C)nc12. The van der Waals surface area contributed by atoms with Crippen molar-refractivity contribution < 1.29 is 14.2 Å². The number of hydrogen-bond donors (Lipinski definition) is 0. The van der Waals surface area contributed by atoms with E-state index in [0.717, 1.165) is 27.9 Å². The molecule has 19 heavy (non-hydrogen) atoms. The molecule has 0 spiro atoms. The fraction of sp³-hybridized carbons (Fsp3) is 0.400. The van der Waals surface area contributed by atoms with Crippen molar-refractivity contribution in [3.05, 3.63) is 35.5 Å². The fourth-order valence-electron chi connectivity index (χ4n) is 2.48. The van der Waals surface area contributed by atoms with Crippen molar-refractivity contribution >= 4 is 10.9 Å². The number of aryl methyl sites for hydroxylation is 1. The molecule has 0 N–H and O–H groups in total. The molecule has 0 saturated carbocycles. The van der Waals surface area contributed by atoms with Crippen molar-refractivity contribution in [3.8, 4) is 5.75 Å². The Labute approximate surface area is 112 Å². The van der Waals surface area contributed by atoms with Gasteiger partial charge in [0.25, 0.3) is 0 Å². The van der Waals surface area contributed by atoms with Crippen LogP contribution in [0, 0.1) is 6.92 Å². The zero-order valence-electron chi connectivity index (χ0n) is 11.2. The van der Waals surface area contributed by atoms with E-state index in [9.17, 15) is 0 Å². The van der Waals surface area contributed by atoms with E-state index in [1.807, 2.05) is 19.1 Å². The van der Waals surface area contributed by atoms with Gasteiger partial charge in [-0.15, -0.1) is 0 Å². The van der Waals surface area contributed by atoms with Gasteiger partial charge in [0.2, 0.25) is 0 Å². The van der Waals surface area contributed by atoms with Gasteiger partial charge >= 0.3 is 0 Å². The van der Waals surface area contributed by atoms with Gasteiger partial charge < -0.3 is 14.2 Å². The number of para-hydroxylation sites is 1. The van der Waals surface area contributed by atoms with Gasteiger partial charge in [0, 0.05) is 11.1 Å². The third kappa shape index (κ3) is 2.29. The summed E-state index contributed by atoms with van der Waals surface area (Å²) < 4.78 is 16.7. The van der Waals surface area contributed by atoms with Gasteiger partial charge in [-0.25, -0.2) is 4.98 Å². The van der Waals surface area contributed by atoms with E-state index in [2.05, 4.69) is 17.1 Å². The Morgan fingerprint density at radius 3 is 2.95 bits per heavy atom. The smallest absolute Gasteiger partial charge is 0.145 e. The molecular weight excluding hydrogens is 242 g/mol. The maximum Gasteiger partial charge on any atom is 0.145 e. The molecule has 1 aliphatic rings. The number of nitrogens with zero attached hydrogens (tertiary/aromatic N) is 1. The molecule has 1 aromatic carbocycles. The lowest BCUT2D eigenvalue weighted by atomic mass is 10.0. The van der Waals surface area contributed by atoms with Crippen LogP contribution in [0.5, 0.6) is 5.75 Å². The van der Waals surface area contributed by atoms with E-state index >= 15 is 0 Å².